The van der Waals surface area contributed by atoms with E-state index in [-0.39, 0.29) is 35.7 Å². The number of aliphatic hydroxyl groups excluding tert-OH is 1. The number of ether oxygens (including phenoxy) is 1. The Kier molecular flexibility index (Phi) is 7.59. The molecule has 4 N–H and O–H groups in total. The molecule has 232 valence electrons. The maximum atomic E-state index is 15.2. The van der Waals surface area contributed by atoms with Gasteiger partial charge in [-0.05, 0) is 48.4 Å². The molecule has 7 rings (SSSR count). The number of nitrogens with one attached hydrogen (secondary N) is 1. The fraction of sp³-hybridized carbons (Fsp3) is 0.355. The molecule has 45 heavy (non-hydrogen) atoms. The molecule has 0 radical (unpaired) electrons. The lowest BCUT2D eigenvalue weighted by Gasteiger charge is -2.31. The van der Waals surface area contributed by atoms with E-state index in [1.165, 1.54) is 15.6 Å². The van der Waals surface area contributed by atoms with Crippen molar-refractivity contribution in [2.24, 2.45) is 0 Å². The third-order valence-electron chi connectivity index (χ3n) is 8.35. The Labute approximate surface area is 257 Å². The zero-order valence-electron chi connectivity index (χ0n) is 24.4. The molecule has 0 unspecified atom stereocenters. The predicted octanol–water partition coefficient (Wildman–Crippen LogP) is 2.63. The summed E-state index contributed by atoms with van der Waals surface area (Å²) in [4.78, 5) is 42.5. The van der Waals surface area contributed by atoms with Gasteiger partial charge in [0, 0.05) is 37.0 Å². The monoisotopic (exact) mass is 613 g/mol. The molecule has 2 aromatic heterocycles. The van der Waals surface area contributed by atoms with Crippen LogP contribution in [0.3, 0.4) is 0 Å². The van der Waals surface area contributed by atoms with Crippen molar-refractivity contribution in [3.05, 3.63) is 70.8 Å². The highest BCUT2D eigenvalue weighted by Gasteiger charge is 2.33. The molecule has 0 atom stereocenters. The molecule has 1 aliphatic carbocycles. The van der Waals surface area contributed by atoms with E-state index < -0.39 is 18.3 Å². The van der Waals surface area contributed by atoms with Gasteiger partial charge in [-0.15, -0.1) is 0 Å². The Morgan fingerprint density at radius 1 is 1.13 bits per heavy atom. The summed E-state index contributed by atoms with van der Waals surface area (Å²) >= 11 is 0. The quantitative estimate of drug-likeness (QED) is 0.269. The van der Waals surface area contributed by atoms with Crippen molar-refractivity contribution in [1.82, 2.24) is 29.6 Å². The molecule has 2 amide bonds. The zero-order valence-corrected chi connectivity index (χ0v) is 24.4. The molecule has 2 aromatic carbocycles. The van der Waals surface area contributed by atoms with E-state index in [0.29, 0.717) is 67.7 Å². The lowest BCUT2D eigenvalue weighted by Crippen LogP contribution is -2.42. The molecule has 13 nitrogen and oxygen atoms in total. The number of hydrogen-bond acceptors (Lipinski definition) is 10. The molecular weight excluding hydrogens is 581 g/mol. The van der Waals surface area contributed by atoms with Gasteiger partial charge in [-0.25, -0.2) is 4.39 Å². The number of hydrogen-bond donors (Lipinski definition) is 3. The molecule has 0 bridgehead atoms. The van der Waals surface area contributed by atoms with Gasteiger partial charge >= 0.3 is 0 Å². The minimum absolute atomic E-state index is 0.0579. The highest BCUT2D eigenvalue weighted by atomic mass is 19.1. The van der Waals surface area contributed by atoms with Crippen LogP contribution >= 0.6 is 0 Å². The van der Waals surface area contributed by atoms with E-state index in [0.717, 1.165) is 24.0 Å². The van der Waals surface area contributed by atoms with Crippen molar-refractivity contribution in [3.63, 3.8) is 0 Å². The Hall–Kier alpha value is -4.95. The summed E-state index contributed by atoms with van der Waals surface area (Å²) in [5, 5.41) is 17.8. The standard InChI is InChI=1S/C31H32FN9O4/c32-24-13-20(18-4-5-18)12-19-6-7-41(29(44)27(19)24)25-3-1-2-22(23(25)17-42)28-36-30(33)38-31(37-28)35-21-14-34-40(15-21)16-26(43)39-8-10-45-11-9-39/h1-3,12-15,18,42H,4-11,16-17H2,(H3,33,35,36,37,38). The smallest absolute Gasteiger partial charge is 0.261 e. The number of halogens is 1. The van der Waals surface area contributed by atoms with Gasteiger partial charge in [0.05, 0.1) is 43.0 Å². The van der Waals surface area contributed by atoms with Crippen LogP contribution in [0.4, 0.5) is 27.7 Å². The number of morpholine rings is 1. The van der Waals surface area contributed by atoms with Crippen LogP contribution in [-0.2, 0) is 29.1 Å². The number of nitrogen functional groups attached to an aromatic ring is 1. The first kappa shape index (κ1) is 28.8. The zero-order chi connectivity index (χ0) is 31.1. The van der Waals surface area contributed by atoms with Gasteiger partial charge in [0.1, 0.15) is 12.4 Å². The van der Waals surface area contributed by atoms with Crippen molar-refractivity contribution >= 4 is 35.1 Å². The van der Waals surface area contributed by atoms with Crippen LogP contribution in [-0.4, -0.2) is 79.4 Å². The first-order valence-electron chi connectivity index (χ1n) is 14.9. The minimum Gasteiger partial charge on any atom is -0.392 e. The molecule has 4 aromatic rings. The largest absolute Gasteiger partial charge is 0.392 e. The van der Waals surface area contributed by atoms with Crippen molar-refractivity contribution < 1.29 is 23.8 Å². The molecule has 2 fully saturated rings. The first-order valence-corrected chi connectivity index (χ1v) is 14.9. The van der Waals surface area contributed by atoms with Gasteiger partial charge in [-0.2, -0.15) is 20.1 Å². The van der Waals surface area contributed by atoms with Crippen LogP contribution in [0.2, 0.25) is 0 Å². The van der Waals surface area contributed by atoms with E-state index in [9.17, 15) is 14.7 Å². The average molecular weight is 614 g/mol. The molecular formula is C31H32FN9O4. The Morgan fingerprint density at radius 2 is 1.96 bits per heavy atom. The number of nitrogens with two attached hydrogens (primary N) is 1. The van der Waals surface area contributed by atoms with Gasteiger partial charge in [0.2, 0.25) is 17.8 Å². The third kappa shape index (κ3) is 5.81. The second-order valence-electron chi connectivity index (χ2n) is 11.4. The number of rotatable bonds is 8. The summed E-state index contributed by atoms with van der Waals surface area (Å²) in [6.45, 7) is 2.11. The van der Waals surface area contributed by atoms with E-state index in [4.69, 9.17) is 10.5 Å². The lowest BCUT2D eigenvalue weighted by molar-refractivity contribution is -0.136. The van der Waals surface area contributed by atoms with Gasteiger partial charge < -0.3 is 30.7 Å². The number of fused-ring (bicyclic) bond motifs is 1. The predicted molar refractivity (Wildman–Crippen MR) is 162 cm³/mol. The van der Waals surface area contributed by atoms with Gasteiger partial charge in [0.25, 0.3) is 5.91 Å². The maximum Gasteiger partial charge on any atom is 0.261 e. The number of carbonyl (C=O) groups is 2. The maximum absolute atomic E-state index is 15.2. The van der Waals surface area contributed by atoms with Crippen molar-refractivity contribution in [1.29, 1.82) is 0 Å². The topological polar surface area (TPSA) is 165 Å². The summed E-state index contributed by atoms with van der Waals surface area (Å²) in [5.41, 5.74) is 9.61. The number of anilines is 4. The molecule has 0 spiro atoms. The first-order chi connectivity index (χ1) is 21.9. The average Bonchev–Trinajstić information content (AvgIpc) is 3.81. The van der Waals surface area contributed by atoms with Gasteiger partial charge in [0.15, 0.2) is 5.82 Å². The Bertz CT molecular complexity index is 1780. The van der Waals surface area contributed by atoms with E-state index in [1.54, 1.807) is 35.5 Å². The Morgan fingerprint density at radius 3 is 2.73 bits per heavy atom. The minimum atomic E-state index is -0.513. The lowest BCUT2D eigenvalue weighted by atomic mass is 9.93. The number of benzene rings is 2. The number of amides is 2. The summed E-state index contributed by atoms with van der Waals surface area (Å²) in [6, 6.07) is 8.60. The number of aromatic nitrogens is 5. The van der Waals surface area contributed by atoms with Crippen LogP contribution in [0, 0.1) is 5.82 Å². The summed E-state index contributed by atoms with van der Waals surface area (Å²) in [5.74, 6) is -0.410. The summed E-state index contributed by atoms with van der Waals surface area (Å²) in [6.07, 6.45) is 5.78. The molecule has 1 saturated carbocycles. The second kappa shape index (κ2) is 11.9. The van der Waals surface area contributed by atoms with E-state index in [1.807, 2.05) is 6.07 Å². The molecule has 14 heteroatoms. The van der Waals surface area contributed by atoms with E-state index in [2.05, 4.69) is 25.4 Å². The third-order valence-corrected chi connectivity index (χ3v) is 8.35. The van der Waals surface area contributed by atoms with E-state index >= 15 is 4.39 Å². The Balaban J connectivity index is 1.13. The summed E-state index contributed by atoms with van der Waals surface area (Å²) < 4.78 is 22.1. The van der Waals surface area contributed by atoms with Crippen molar-refractivity contribution in [2.45, 2.75) is 38.3 Å². The fourth-order valence-corrected chi connectivity index (χ4v) is 5.94. The molecule has 2 aliphatic heterocycles. The normalized spacial score (nSPS) is 16.5. The highest BCUT2D eigenvalue weighted by molar-refractivity contribution is 6.09. The van der Waals surface area contributed by atoms with Crippen LogP contribution in [0.1, 0.15) is 45.8 Å². The van der Waals surface area contributed by atoms with Gasteiger partial charge in [-0.3, -0.25) is 14.3 Å². The fourth-order valence-electron chi connectivity index (χ4n) is 5.94. The van der Waals surface area contributed by atoms with Crippen LogP contribution in [0.5, 0.6) is 0 Å². The molecule has 1 saturated heterocycles. The second-order valence-corrected chi connectivity index (χ2v) is 11.4. The van der Waals surface area contributed by atoms with Crippen molar-refractivity contribution in [3.8, 4) is 11.4 Å². The molecule has 3 aliphatic rings. The van der Waals surface area contributed by atoms with Crippen molar-refractivity contribution in [2.75, 3.05) is 48.8 Å². The number of nitrogens with zero attached hydrogens (tertiary/aromatic N) is 7. The van der Waals surface area contributed by atoms with Crippen LogP contribution in [0.25, 0.3) is 11.4 Å². The SMILES string of the molecule is Nc1nc(Nc2cnn(CC(=O)N3CCOCC3)c2)nc(-c2cccc(N3CCc4cc(C5CC5)cc(F)c4C3=O)c2CO)n1. The highest BCUT2D eigenvalue weighted by Crippen LogP contribution is 2.42. The summed E-state index contributed by atoms with van der Waals surface area (Å²) in [7, 11) is 0. The van der Waals surface area contributed by atoms with Crippen LogP contribution < -0.4 is 16.0 Å². The molecule has 4 heterocycles. The van der Waals surface area contributed by atoms with Crippen LogP contribution in [0.15, 0.2) is 42.7 Å². The van der Waals surface area contributed by atoms with Gasteiger partial charge in [-0.1, -0.05) is 18.2 Å². The number of carbonyl (C=O) groups excluding carboxylic acids is 2. The number of aliphatic hydroxyl groups is 1.